The summed E-state index contributed by atoms with van der Waals surface area (Å²) in [6, 6.07) is 9.84. The third kappa shape index (κ3) is 4.24. The highest BCUT2D eigenvalue weighted by Gasteiger charge is 2.12. The molecule has 0 aliphatic heterocycles. The lowest BCUT2D eigenvalue weighted by atomic mass is 10.1. The molecule has 0 saturated heterocycles. The summed E-state index contributed by atoms with van der Waals surface area (Å²) in [5, 5.41) is 7.74. The van der Waals surface area contributed by atoms with Crippen molar-refractivity contribution < 1.29 is 4.79 Å². The minimum absolute atomic E-state index is 0.267. The predicted octanol–water partition coefficient (Wildman–Crippen LogP) is 3.31. The maximum atomic E-state index is 12.4. The van der Waals surface area contributed by atoms with Crippen LogP contribution in [0.1, 0.15) is 27.3 Å². The Morgan fingerprint density at radius 3 is 2.80 bits per heavy atom. The number of hydrogen-bond acceptors (Lipinski definition) is 5. The number of rotatable bonds is 5. The average Bonchev–Trinajstić information content (AvgIpc) is 3.03. The van der Waals surface area contributed by atoms with E-state index in [-0.39, 0.29) is 5.91 Å². The van der Waals surface area contributed by atoms with Crippen molar-refractivity contribution in [1.29, 1.82) is 0 Å². The fraction of sp³-hybridized carbons (Fsp3) is 0.222. The average molecular weight is 353 g/mol. The number of amides is 1. The van der Waals surface area contributed by atoms with Crippen LogP contribution in [0.4, 0.5) is 5.69 Å². The van der Waals surface area contributed by atoms with Gasteiger partial charge in [-0.3, -0.25) is 9.48 Å². The molecule has 0 fully saturated rings. The number of carbonyl (C=O) groups excluding carboxylic acids is 1. The first kappa shape index (κ1) is 17.2. The standard InChI is InChI=1S/C18H19N5OS/c1-12-6-4-5-7-14(12)10-23-11-15(9-19-23)21-17(24)16-8-13(2)20-18(22-16)25-3/h4-9,11H,10H2,1-3H3,(H,21,24). The second-order valence-corrected chi connectivity index (χ2v) is 6.46. The topological polar surface area (TPSA) is 72.7 Å². The minimum atomic E-state index is -0.267. The molecule has 0 bridgehead atoms. The van der Waals surface area contributed by atoms with E-state index >= 15 is 0 Å². The van der Waals surface area contributed by atoms with E-state index in [0.717, 1.165) is 5.69 Å². The molecule has 25 heavy (non-hydrogen) atoms. The lowest BCUT2D eigenvalue weighted by molar-refractivity contribution is 0.102. The van der Waals surface area contributed by atoms with Gasteiger partial charge in [-0.05, 0) is 37.3 Å². The van der Waals surface area contributed by atoms with Crippen LogP contribution in [0.25, 0.3) is 0 Å². The number of hydrogen-bond donors (Lipinski definition) is 1. The van der Waals surface area contributed by atoms with Crippen LogP contribution in [0.15, 0.2) is 47.9 Å². The third-order valence-corrected chi connectivity index (χ3v) is 4.28. The molecule has 3 rings (SSSR count). The maximum absolute atomic E-state index is 12.4. The summed E-state index contributed by atoms with van der Waals surface area (Å²) in [4.78, 5) is 20.9. The Morgan fingerprint density at radius 2 is 2.04 bits per heavy atom. The summed E-state index contributed by atoms with van der Waals surface area (Å²) in [6.07, 6.45) is 5.33. The molecule has 0 unspecified atom stereocenters. The van der Waals surface area contributed by atoms with Gasteiger partial charge in [-0.2, -0.15) is 5.10 Å². The van der Waals surface area contributed by atoms with Crippen LogP contribution >= 0.6 is 11.8 Å². The molecule has 1 aromatic carbocycles. The van der Waals surface area contributed by atoms with Crippen LogP contribution in [0.5, 0.6) is 0 Å². The van der Waals surface area contributed by atoms with Crippen LogP contribution in [0.3, 0.4) is 0 Å². The minimum Gasteiger partial charge on any atom is -0.318 e. The molecule has 0 saturated carbocycles. The number of thioether (sulfide) groups is 1. The molecule has 6 nitrogen and oxygen atoms in total. The largest absolute Gasteiger partial charge is 0.318 e. The zero-order chi connectivity index (χ0) is 17.8. The van der Waals surface area contributed by atoms with E-state index in [2.05, 4.69) is 39.4 Å². The van der Waals surface area contributed by atoms with Crippen molar-refractivity contribution in [2.75, 3.05) is 11.6 Å². The highest BCUT2D eigenvalue weighted by Crippen LogP contribution is 2.14. The van der Waals surface area contributed by atoms with Crippen LogP contribution in [-0.4, -0.2) is 31.9 Å². The first-order valence-electron chi connectivity index (χ1n) is 7.83. The highest BCUT2D eigenvalue weighted by atomic mass is 32.2. The van der Waals surface area contributed by atoms with Gasteiger partial charge in [0.1, 0.15) is 5.69 Å². The van der Waals surface area contributed by atoms with Crippen molar-refractivity contribution in [3.05, 3.63) is 65.2 Å². The summed E-state index contributed by atoms with van der Waals surface area (Å²) >= 11 is 1.41. The first-order chi connectivity index (χ1) is 12.0. The van der Waals surface area contributed by atoms with Gasteiger partial charge >= 0.3 is 0 Å². The highest BCUT2D eigenvalue weighted by molar-refractivity contribution is 7.98. The van der Waals surface area contributed by atoms with Gasteiger partial charge in [0.2, 0.25) is 0 Å². The zero-order valence-electron chi connectivity index (χ0n) is 14.4. The fourth-order valence-corrected chi connectivity index (χ4v) is 2.85. The Balaban J connectivity index is 1.72. The van der Waals surface area contributed by atoms with Crippen molar-refractivity contribution in [2.24, 2.45) is 0 Å². The molecule has 0 atom stereocenters. The van der Waals surface area contributed by atoms with E-state index in [0.29, 0.717) is 23.1 Å². The molecule has 0 aliphatic rings. The van der Waals surface area contributed by atoms with Crippen LogP contribution in [-0.2, 0) is 6.54 Å². The number of aryl methyl sites for hydroxylation is 2. The lowest BCUT2D eigenvalue weighted by Crippen LogP contribution is -2.14. The van der Waals surface area contributed by atoms with E-state index in [9.17, 15) is 4.79 Å². The molecule has 0 aliphatic carbocycles. The van der Waals surface area contributed by atoms with Gasteiger partial charge in [0, 0.05) is 11.9 Å². The van der Waals surface area contributed by atoms with Crippen LogP contribution in [0, 0.1) is 13.8 Å². The van der Waals surface area contributed by atoms with Crippen molar-refractivity contribution >= 4 is 23.4 Å². The number of nitrogens with one attached hydrogen (secondary N) is 1. The molecule has 2 heterocycles. The normalized spacial score (nSPS) is 10.7. The number of benzene rings is 1. The second-order valence-electron chi connectivity index (χ2n) is 5.69. The Bertz CT molecular complexity index is 906. The van der Waals surface area contributed by atoms with Crippen molar-refractivity contribution in [3.63, 3.8) is 0 Å². The van der Waals surface area contributed by atoms with E-state index in [1.54, 1.807) is 16.9 Å². The molecule has 2 aromatic heterocycles. The number of carbonyl (C=O) groups is 1. The Hall–Kier alpha value is -2.67. The first-order valence-corrected chi connectivity index (χ1v) is 9.05. The molecule has 0 radical (unpaired) electrons. The van der Waals surface area contributed by atoms with E-state index in [1.165, 1.54) is 22.9 Å². The SMILES string of the molecule is CSc1nc(C)cc(C(=O)Nc2cnn(Cc3ccccc3C)c2)n1. The summed E-state index contributed by atoms with van der Waals surface area (Å²) in [5.41, 5.74) is 4.16. The molecule has 3 aromatic rings. The van der Waals surface area contributed by atoms with E-state index in [4.69, 9.17) is 0 Å². The van der Waals surface area contributed by atoms with Gasteiger partial charge in [0.05, 0.1) is 18.4 Å². The quantitative estimate of drug-likeness (QED) is 0.563. The van der Waals surface area contributed by atoms with Gasteiger partial charge in [0.25, 0.3) is 5.91 Å². The van der Waals surface area contributed by atoms with Crippen LogP contribution in [0.2, 0.25) is 0 Å². The van der Waals surface area contributed by atoms with Gasteiger partial charge in [-0.15, -0.1) is 0 Å². The second kappa shape index (κ2) is 7.48. The molecule has 7 heteroatoms. The molecule has 1 N–H and O–H groups in total. The van der Waals surface area contributed by atoms with Crippen molar-refractivity contribution in [1.82, 2.24) is 19.7 Å². The van der Waals surface area contributed by atoms with Gasteiger partial charge in [-0.1, -0.05) is 36.0 Å². The summed E-state index contributed by atoms with van der Waals surface area (Å²) < 4.78 is 1.80. The Labute approximate surface area is 150 Å². The fourth-order valence-electron chi connectivity index (χ4n) is 2.42. The number of anilines is 1. The zero-order valence-corrected chi connectivity index (χ0v) is 15.2. The molecule has 0 spiro atoms. The lowest BCUT2D eigenvalue weighted by Gasteiger charge is -2.06. The summed E-state index contributed by atoms with van der Waals surface area (Å²) in [6.45, 7) is 4.58. The number of nitrogens with zero attached hydrogens (tertiary/aromatic N) is 4. The van der Waals surface area contributed by atoms with E-state index in [1.807, 2.05) is 31.5 Å². The molecular weight excluding hydrogens is 334 g/mol. The summed E-state index contributed by atoms with van der Waals surface area (Å²) in [5.74, 6) is -0.267. The monoisotopic (exact) mass is 353 g/mol. The van der Waals surface area contributed by atoms with Crippen molar-refractivity contribution in [2.45, 2.75) is 25.5 Å². The van der Waals surface area contributed by atoms with E-state index < -0.39 is 0 Å². The Kier molecular flexibility index (Phi) is 5.14. The summed E-state index contributed by atoms with van der Waals surface area (Å²) in [7, 11) is 0. The van der Waals surface area contributed by atoms with Gasteiger partial charge in [-0.25, -0.2) is 9.97 Å². The maximum Gasteiger partial charge on any atom is 0.274 e. The van der Waals surface area contributed by atoms with Gasteiger partial charge < -0.3 is 5.32 Å². The van der Waals surface area contributed by atoms with Gasteiger partial charge in [0.15, 0.2) is 5.16 Å². The third-order valence-electron chi connectivity index (χ3n) is 3.73. The number of aromatic nitrogens is 4. The van der Waals surface area contributed by atoms with Crippen molar-refractivity contribution in [3.8, 4) is 0 Å². The molecular formula is C18H19N5OS. The predicted molar refractivity (Wildman–Crippen MR) is 99.0 cm³/mol. The Morgan fingerprint density at radius 1 is 1.24 bits per heavy atom. The smallest absolute Gasteiger partial charge is 0.274 e. The molecule has 128 valence electrons. The van der Waals surface area contributed by atoms with Crippen LogP contribution < -0.4 is 5.32 Å². The molecule has 1 amide bonds.